The van der Waals surface area contributed by atoms with Crippen molar-refractivity contribution in [3.05, 3.63) is 0 Å². The van der Waals surface area contributed by atoms with E-state index in [1.807, 2.05) is 0 Å². The Kier molecular flexibility index (Phi) is 10.5. The van der Waals surface area contributed by atoms with Crippen molar-refractivity contribution in [2.24, 2.45) is 0 Å². The Morgan fingerprint density at radius 1 is 0.793 bits per heavy atom. The van der Waals surface area contributed by atoms with E-state index in [9.17, 15) is 62.2 Å². The molecule has 0 radical (unpaired) electrons. The lowest BCUT2D eigenvalue weighted by Crippen LogP contribution is -2.49. The minimum Gasteiger partial charge on any atom is -0.481 e. The van der Waals surface area contributed by atoms with Gasteiger partial charge >= 0.3 is 36.4 Å². The minimum atomic E-state index is -5.94. The van der Waals surface area contributed by atoms with Crippen LogP contribution in [0.4, 0.5) is 0 Å². The van der Waals surface area contributed by atoms with Gasteiger partial charge in [0.15, 0.2) is 0 Å². The van der Waals surface area contributed by atoms with Gasteiger partial charge in [0.2, 0.25) is 11.0 Å². The fourth-order valence-corrected chi connectivity index (χ4v) is 8.53. The van der Waals surface area contributed by atoms with Crippen molar-refractivity contribution >= 4 is 36.4 Å². The molecule has 0 saturated carbocycles. The van der Waals surface area contributed by atoms with E-state index in [0.29, 0.717) is 0 Å². The van der Waals surface area contributed by atoms with E-state index in [2.05, 4.69) is 0 Å². The van der Waals surface area contributed by atoms with E-state index < -0.39 is 65.1 Å². The summed E-state index contributed by atoms with van der Waals surface area (Å²) in [6, 6.07) is 0. The maximum atomic E-state index is 11.7. The SMILES string of the molecule is CC(OCCCCC(=O)O)N(C(P(=O)(O)O)P(=O)(O)O)C(P(=O)(O)O)P(=O)(O)O. The van der Waals surface area contributed by atoms with Crippen LogP contribution in [0, 0.1) is 0 Å². The maximum Gasteiger partial charge on any atom is 0.355 e. The fourth-order valence-electron chi connectivity index (χ4n) is 2.30. The summed E-state index contributed by atoms with van der Waals surface area (Å²) in [5.74, 6) is -1.15. The molecule has 0 heterocycles. The Labute approximate surface area is 164 Å². The predicted octanol–water partition coefficient (Wildman–Crippen LogP) is -0.816. The molecule has 0 aliphatic heterocycles. The number of hydrogen-bond donors (Lipinski definition) is 9. The van der Waals surface area contributed by atoms with Gasteiger partial charge in [-0.3, -0.25) is 23.1 Å². The lowest BCUT2D eigenvalue weighted by atomic mass is 10.2. The molecule has 1 atom stereocenters. The summed E-state index contributed by atoms with van der Waals surface area (Å²) in [4.78, 5) is 84.7. The van der Waals surface area contributed by atoms with Gasteiger partial charge in [-0.1, -0.05) is 0 Å². The zero-order chi connectivity index (χ0) is 23.4. The molecule has 0 aromatic heterocycles. The van der Waals surface area contributed by atoms with Crippen molar-refractivity contribution < 1.29 is 72.0 Å². The number of ether oxygens (including phenoxy) is 1. The lowest BCUT2D eigenvalue weighted by Gasteiger charge is -2.40. The summed E-state index contributed by atoms with van der Waals surface area (Å²) < 4.78 is 51.7. The summed E-state index contributed by atoms with van der Waals surface area (Å²) >= 11 is 0. The van der Waals surface area contributed by atoms with Crippen LogP contribution in [0.15, 0.2) is 0 Å². The second kappa shape index (κ2) is 10.5. The van der Waals surface area contributed by atoms with Crippen LogP contribution in [0.3, 0.4) is 0 Å². The number of nitrogens with zero attached hydrogens (tertiary/aromatic N) is 1. The van der Waals surface area contributed by atoms with Crippen LogP contribution in [0.1, 0.15) is 26.2 Å². The van der Waals surface area contributed by atoms with Crippen molar-refractivity contribution in [3.63, 3.8) is 0 Å². The molecule has 0 amide bonds. The van der Waals surface area contributed by atoms with E-state index in [0.717, 1.165) is 6.92 Å². The molecule has 1 unspecified atom stereocenters. The smallest absolute Gasteiger partial charge is 0.355 e. The highest BCUT2D eigenvalue weighted by Crippen LogP contribution is 2.69. The third kappa shape index (κ3) is 9.77. The first-order valence-electron chi connectivity index (χ1n) is 7.52. The number of carboxylic acids is 1. The Balaban J connectivity index is 6.16. The molecule has 20 heteroatoms. The number of carbonyl (C=O) groups is 1. The maximum absolute atomic E-state index is 11.7. The molecule has 0 bridgehead atoms. The number of carboxylic acid groups (broad SMARTS) is 1. The van der Waals surface area contributed by atoms with E-state index in [1.165, 1.54) is 0 Å². The van der Waals surface area contributed by atoms with Crippen molar-refractivity contribution in [1.82, 2.24) is 4.90 Å². The van der Waals surface area contributed by atoms with Crippen LogP contribution < -0.4 is 0 Å². The monoisotopic (exact) mass is 509 g/mol. The predicted molar refractivity (Wildman–Crippen MR) is 94.5 cm³/mol. The quantitative estimate of drug-likeness (QED) is 0.0833. The topological polar surface area (TPSA) is 280 Å². The standard InChI is InChI=1S/C9H23NO15P4/c1-6(25-5-3-2-4-7(11)12)10(8(26(13,14)15)27(16,17)18)9(28(19,20)21)29(22,23)24/h6,8-9H,2-5H2,1H3,(H,11,12)(H2,13,14,15)(H2,16,17,18)(H2,19,20,21)(H2,22,23,24). The molecular formula is C9H23NO15P4. The first-order chi connectivity index (χ1) is 12.7. The normalized spacial score (nSPS) is 15.3. The molecule has 174 valence electrons. The van der Waals surface area contributed by atoms with Crippen LogP contribution in [0.2, 0.25) is 0 Å². The zero-order valence-corrected chi connectivity index (χ0v) is 18.3. The Morgan fingerprint density at radius 2 is 1.14 bits per heavy atom. The molecule has 0 fully saturated rings. The number of aliphatic carboxylic acids is 1. The van der Waals surface area contributed by atoms with Gasteiger partial charge in [0.25, 0.3) is 0 Å². The summed E-state index contributed by atoms with van der Waals surface area (Å²) in [7, 11) is -23.8. The van der Waals surface area contributed by atoms with Gasteiger partial charge in [0, 0.05) is 13.0 Å². The van der Waals surface area contributed by atoms with Crippen LogP contribution >= 0.6 is 30.4 Å². The summed E-state index contributed by atoms with van der Waals surface area (Å²) in [5.41, 5.74) is -6.68. The zero-order valence-electron chi connectivity index (χ0n) is 14.8. The second-order valence-electron chi connectivity index (χ2n) is 5.82. The summed E-state index contributed by atoms with van der Waals surface area (Å²) in [6.07, 6.45) is -2.27. The van der Waals surface area contributed by atoms with E-state index >= 15 is 0 Å². The van der Waals surface area contributed by atoms with Crippen LogP contribution in [-0.2, 0) is 27.8 Å². The van der Waals surface area contributed by atoms with Gasteiger partial charge in [-0.05, 0) is 19.8 Å². The van der Waals surface area contributed by atoms with E-state index in [1.54, 1.807) is 0 Å². The van der Waals surface area contributed by atoms with E-state index in [-0.39, 0.29) is 19.3 Å². The number of hydrogen-bond acceptors (Lipinski definition) is 7. The third-order valence-corrected chi connectivity index (χ3v) is 10.4. The molecule has 0 aromatic carbocycles. The van der Waals surface area contributed by atoms with Gasteiger partial charge in [0.05, 0.1) is 0 Å². The highest BCUT2D eigenvalue weighted by atomic mass is 31.2. The molecule has 0 aromatic rings. The summed E-state index contributed by atoms with van der Waals surface area (Å²) in [6.45, 7) is 0.378. The van der Waals surface area contributed by atoms with Crippen LogP contribution in [0.25, 0.3) is 0 Å². The highest BCUT2D eigenvalue weighted by molar-refractivity contribution is 7.72. The van der Waals surface area contributed by atoms with E-state index in [4.69, 9.17) is 9.84 Å². The molecular weight excluding hydrogens is 486 g/mol. The number of unbranched alkanes of at least 4 members (excludes halogenated alkanes) is 1. The first kappa shape index (κ1) is 29.0. The molecule has 0 aliphatic rings. The van der Waals surface area contributed by atoms with Gasteiger partial charge < -0.3 is 49.0 Å². The van der Waals surface area contributed by atoms with Crippen molar-refractivity contribution in [2.75, 3.05) is 6.61 Å². The largest absolute Gasteiger partial charge is 0.481 e. The fraction of sp³-hybridized carbons (Fsp3) is 0.889. The van der Waals surface area contributed by atoms with Gasteiger partial charge in [-0.2, -0.15) is 0 Å². The Morgan fingerprint density at radius 3 is 1.41 bits per heavy atom. The molecule has 0 saturated heterocycles. The highest BCUT2D eigenvalue weighted by Gasteiger charge is 2.60. The molecule has 29 heavy (non-hydrogen) atoms. The van der Waals surface area contributed by atoms with Gasteiger partial charge in [-0.15, -0.1) is 0 Å². The first-order valence-corrected chi connectivity index (χ1v) is 14.2. The average molecular weight is 509 g/mol. The van der Waals surface area contributed by atoms with Crippen molar-refractivity contribution in [1.29, 1.82) is 0 Å². The Bertz CT molecular complexity index is 655. The molecule has 9 N–H and O–H groups in total. The minimum absolute atomic E-state index is 0.00252. The summed E-state index contributed by atoms with van der Waals surface area (Å²) in [5, 5.41) is 8.52. The molecule has 16 nitrogen and oxygen atoms in total. The van der Waals surface area contributed by atoms with Crippen LogP contribution in [0.5, 0.6) is 0 Å². The van der Waals surface area contributed by atoms with Crippen LogP contribution in [-0.4, -0.2) is 79.0 Å². The average Bonchev–Trinajstić information content (AvgIpc) is 2.39. The Hall–Kier alpha value is -0.0100. The lowest BCUT2D eigenvalue weighted by molar-refractivity contribution is -0.137. The van der Waals surface area contributed by atoms with Crippen molar-refractivity contribution in [3.8, 4) is 0 Å². The van der Waals surface area contributed by atoms with Crippen molar-refractivity contribution in [2.45, 2.75) is 43.5 Å². The third-order valence-electron chi connectivity index (χ3n) is 3.30. The number of rotatable bonds is 13. The molecule has 0 aliphatic carbocycles. The van der Waals surface area contributed by atoms with Gasteiger partial charge in [0.1, 0.15) is 6.23 Å². The second-order valence-corrected chi connectivity index (χ2v) is 13.3. The van der Waals surface area contributed by atoms with Gasteiger partial charge in [-0.25, -0.2) is 4.90 Å². The molecule has 0 spiro atoms. The molecule has 0 rings (SSSR count).